The second kappa shape index (κ2) is 7.03. The van der Waals surface area contributed by atoms with Crippen molar-refractivity contribution < 1.29 is 4.79 Å². The van der Waals surface area contributed by atoms with E-state index in [9.17, 15) is 9.59 Å². The first-order valence-electron chi connectivity index (χ1n) is 7.76. The van der Waals surface area contributed by atoms with Crippen molar-refractivity contribution in [1.82, 2.24) is 30.5 Å². The predicted molar refractivity (Wildman–Crippen MR) is 88.4 cm³/mol. The van der Waals surface area contributed by atoms with Gasteiger partial charge in [0.1, 0.15) is 0 Å². The van der Waals surface area contributed by atoms with Crippen LogP contribution in [0.2, 0.25) is 0 Å². The van der Waals surface area contributed by atoms with Crippen LogP contribution in [0.25, 0.3) is 10.8 Å². The van der Waals surface area contributed by atoms with Gasteiger partial charge in [0.25, 0.3) is 5.56 Å². The molecule has 8 heteroatoms. The molecule has 3 rings (SSSR count). The Labute approximate surface area is 137 Å². The Kier molecular flexibility index (Phi) is 4.64. The van der Waals surface area contributed by atoms with E-state index < -0.39 is 5.92 Å². The molecule has 2 N–H and O–H groups in total. The molecule has 0 aliphatic carbocycles. The number of rotatable bonds is 6. The van der Waals surface area contributed by atoms with Gasteiger partial charge in [0, 0.05) is 24.7 Å². The van der Waals surface area contributed by atoms with E-state index >= 15 is 0 Å². The van der Waals surface area contributed by atoms with Crippen molar-refractivity contribution in [3.8, 4) is 0 Å². The van der Waals surface area contributed by atoms with Crippen molar-refractivity contribution in [2.75, 3.05) is 6.54 Å². The summed E-state index contributed by atoms with van der Waals surface area (Å²) in [5, 5.41) is 18.3. The van der Waals surface area contributed by atoms with Crippen LogP contribution >= 0.6 is 0 Å². The molecule has 8 nitrogen and oxygen atoms in total. The van der Waals surface area contributed by atoms with Crippen LogP contribution in [0.15, 0.2) is 41.5 Å². The Bertz CT molecular complexity index is 887. The summed E-state index contributed by atoms with van der Waals surface area (Å²) in [7, 11) is 0. The Morgan fingerprint density at radius 2 is 2.12 bits per heavy atom. The average molecular weight is 326 g/mol. The molecule has 0 saturated heterocycles. The zero-order valence-corrected chi connectivity index (χ0v) is 13.3. The molecule has 2 heterocycles. The molecule has 124 valence electrons. The summed E-state index contributed by atoms with van der Waals surface area (Å²) in [6, 6.07) is 7.15. The van der Waals surface area contributed by atoms with E-state index in [0.29, 0.717) is 29.6 Å². The number of aromatic nitrogens is 5. The number of carbonyl (C=O) groups is 1. The SMILES string of the molecule is CC(C(=O)NCCCn1ccnn1)c1n[nH]c(=O)c2ccccc12. The number of aromatic amines is 1. The summed E-state index contributed by atoms with van der Waals surface area (Å²) in [6.45, 7) is 3.00. The number of aryl methyl sites for hydroxylation is 1. The minimum absolute atomic E-state index is 0.127. The first kappa shape index (κ1) is 15.9. The van der Waals surface area contributed by atoms with Gasteiger partial charge in [0.05, 0.1) is 23.2 Å². The number of fused-ring (bicyclic) bond motifs is 1. The summed E-state index contributed by atoms with van der Waals surface area (Å²) in [6.07, 6.45) is 4.15. The van der Waals surface area contributed by atoms with Crippen LogP contribution in [0.4, 0.5) is 0 Å². The van der Waals surface area contributed by atoms with Gasteiger partial charge in [-0.3, -0.25) is 14.3 Å². The van der Waals surface area contributed by atoms with Crippen LogP contribution in [-0.2, 0) is 11.3 Å². The van der Waals surface area contributed by atoms with Gasteiger partial charge >= 0.3 is 0 Å². The van der Waals surface area contributed by atoms with Crippen molar-refractivity contribution in [1.29, 1.82) is 0 Å². The molecule has 0 aliphatic rings. The van der Waals surface area contributed by atoms with Crippen LogP contribution in [-0.4, -0.2) is 37.6 Å². The van der Waals surface area contributed by atoms with Crippen LogP contribution in [0.3, 0.4) is 0 Å². The van der Waals surface area contributed by atoms with Gasteiger partial charge in [-0.1, -0.05) is 23.4 Å². The first-order chi connectivity index (χ1) is 11.7. The number of nitrogens with zero attached hydrogens (tertiary/aromatic N) is 4. The third-order valence-electron chi connectivity index (χ3n) is 3.86. The molecule has 0 bridgehead atoms. The van der Waals surface area contributed by atoms with E-state index in [4.69, 9.17) is 0 Å². The maximum absolute atomic E-state index is 12.4. The summed E-state index contributed by atoms with van der Waals surface area (Å²) < 4.78 is 1.71. The molecule has 24 heavy (non-hydrogen) atoms. The van der Waals surface area contributed by atoms with Gasteiger partial charge in [-0.15, -0.1) is 5.10 Å². The number of hydrogen-bond donors (Lipinski definition) is 2. The zero-order valence-electron chi connectivity index (χ0n) is 13.3. The van der Waals surface area contributed by atoms with Crippen molar-refractivity contribution in [3.63, 3.8) is 0 Å². The van der Waals surface area contributed by atoms with Gasteiger partial charge in [-0.2, -0.15) is 5.10 Å². The summed E-state index contributed by atoms with van der Waals surface area (Å²) >= 11 is 0. The molecule has 1 atom stereocenters. The maximum Gasteiger partial charge on any atom is 0.272 e. The lowest BCUT2D eigenvalue weighted by Gasteiger charge is -2.13. The molecule has 3 aromatic rings. The Morgan fingerprint density at radius 1 is 1.33 bits per heavy atom. The second-order valence-corrected chi connectivity index (χ2v) is 5.52. The second-order valence-electron chi connectivity index (χ2n) is 5.52. The van der Waals surface area contributed by atoms with Gasteiger partial charge in [0.2, 0.25) is 5.91 Å². The maximum atomic E-state index is 12.4. The first-order valence-corrected chi connectivity index (χ1v) is 7.76. The summed E-state index contributed by atoms with van der Waals surface area (Å²) in [4.78, 5) is 24.2. The van der Waals surface area contributed by atoms with Crippen molar-refractivity contribution in [2.24, 2.45) is 0 Å². The molecular weight excluding hydrogens is 308 g/mol. The van der Waals surface area contributed by atoms with E-state index in [0.717, 1.165) is 6.42 Å². The van der Waals surface area contributed by atoms with Crippen LogP contribution in [0.5, 0.6) is 0 Å². The van der Waals surface area contributed by atoms with Crippen LogP contribution in [0.1, 0.15) is 25.0 Å². The summed E-state index contributed by atoms with van der Waals surface area (Å²) in [5.41, 5.74) is 0.314. The number of hydrogen-bond acceptors (Lipinski definition) is 5. The highest BCUT2D eigenvalue weighted by Gasteiger charge is 2.19. The normalized spacial score (nSPS) is 12.2. The smallest absolute Gasteiger partial charge is 0.272 e. The van der Waals surface area contributed by atoms with E-state index in [2.05, 4.69) is 25.8 Å². The highest BCUT2D eigenvalue weighted by Crippen LogP contribution is 2.20. The average Bonchev–Trinajstić information content (AvgIpc) is 3.12. The number of carbonyl (C=O) groups excluding carboxylic acids is 1. The number of nitrogens with one attached hydrogen (secondary N) is 2. The number of benzene rings is 1. The van der Waals surface area contributed by atoms with E-state index in [-0.39, 0.29) is 11.5 Å². The molecule has 0 radical (unpaired) electrons. The zero-order chi connectivity index (χ0) is 16.9. The van der Waals surface area contributed by atoms with E-state index in [1.165, 1.54) is 0 Å². The van der Waals surface area contributed by atoms with Gasteiger partial charge in [0.15, 0.2) is 0 Å². The molecular formula is C16H18N6O2. The molecule has 0 aliphatic heterocycles. The van der Waals surface area contributed by atoms with Gasteiger partial charge in [-0.25, -0.2) is 5.10 Å². The molecule has 1 amide bonds. The van der Waals surface area contributed by atoms with Crippen molar-refractivity contribution in [3.05, 3.63) is 52.7 Å². The molecule has 1 aromatic carbocycles. The molecule has 0 saturated carbocycles. The third kappa shape index (κ3) is 3.32. The monoisotopic (exact) mass is 326 g/mol. The van der Waals surface area contributed by atoms with Crippen LogP contribution in [0, 0.1) is 0 Å². The minimum Gasteiger partial charge on any atom is -0.355 e. The van der Waals surface area contributed by atoms with Crippen molar-refractivity contribution >= 4 is 16.7 Å². The fraction of sp³-hybridized carbons (Fsp3) is 0.312. The number of amides is 1. The van der Waals surface area contributed by atoms with Crippen LogP contribution < -0.4 is 10.9 Å². The topological polar surface area (TPSA) is 106 Å². The lowest BCUT2D eigenvalue weighted by Crippen LogP contribution is -2.30. The molecule has 2 aromatic heterocycles. The Hall–Kier alpha value is -3.03. The van der Waals surface area contributed by atoms with Crippen molar-refractivity contribution in [2.45, 2.75) is 25.8 Å². The standard InChI is InChI=1S/C16H18N6O2/c1-11(15(23)17-7-4-9-22-10-8-18-21-22)14-12-5-2-3-6-13(12)16(24)20-19-14/h2-3,5-6,8,10-11H,4,7,9H2,1H3,(H,17,23)(H,20,24). The lowest BCUT2D eigenvalue weighted by atomic mass is 10.0. The fourth-order valence-corrected chi connectivity index (χ4v) is 2.55. The summed E-state index contributed by atoms with van der Waals surface area (Å²) in [5.74, 6) is -0.587. The highest BCUT2D eigenvalue weighted by atomic mass is 16.2. The third-order valence-corrected chi connectivity index (χ3v) is 3.86. The highest BCUT2D eigenvalue weighted by molar-refractivity contribution is 5.90. The lowest BCUT2D eigenvalue weighted by molar-refractivity contribution is -0.122. The van der Waals surface area contributed by atoms with Gasteiger partial charge in [-0.05, 0) is 19.4 Å². The molecule has 0 spiro atoms. The Morgan fingerprint density at radius 3 is 2.88 bits per heavy atom. The fourth-order valence-electron chi connectivity index (χ4n) is 2.55. The molecule has 1 unspecified atom stereocenters. The van der Waals surface area contributed by atoms with E-state index in [1.54, 1.807) is 42.2 Å². The van der Waals surface area contributed by atoms with E-state index in [1.807, 2.05) is 6.07 Å². The quantitative estimate of drug-likeness (QED) is 0.653. The van der Waals surface area contributed by atoms with Gasteiger partial charge < -0.3 is 5.32 Å². The number of H-pyrrole nitrogens is 1. The predicted octanol–water partition coefficient (Wildman–Crippen LogP) is 0.825. The molecule has 0 fully saturated rings. The largest absolute Gasteiger partial charge is 0.355 e. The Balaban J connectivity index is 1.65. The minimum atomic E-state index is -0.460.